The van der Waals surface area contributed by atoms with Crippen LogP contribution < -0.4 is 0 Å². The number of hydrogen-bond acceptors (Lipinski definition) is 5. The van der Waals surface area contributed by atoms with Crippen LogP contribution in [0.5, 0.6) is 0 Å². The first-order chi connectivity index (χ1) is 14.5. The molecule has 2 rings (SSSR count). The van der Waals surface area contributed by atoms with Crippen LogP contribution in [-0.2, 0) is 25.3 Å². The van der Waals surface area contributed by atoms with E-state index in [1.807, 2.05) is 30.3 Å². The van der Waals surface area contributed by atoms with E-state index in [0.29, 0.717) is 32.2 Å². The molecule has 1 aromatic carbocycles. The second-order valence-corrected chi connectivity index (χ2v) is 14.7. The van der Waals surface area contributed by atoms with Crippen LogP contribution in [0.4, 0.5) is 4.79 Å². The monoisotopic (exact) mass is 449 g/mol. The highest BCUT2D eigenvalue weighted by molar-refractivity contribution is 6.74. The summed E-state index contributed by atoms with van der Waals surface area (Å²) in [6.07, 6.45) is 1.81. The van der Waals surface area contributed by atoms with Gasteiger partial charge in [-0.2, -0.15) is 0 Å². The number of nitrogens with zero attached hydrogens (tertiary/aromatic N) is 1. The van der Waals surface area contributed by atoms with Gasteiger partial charge in [-0.1, -0.05) is 51.1 Å². The van der Waals surface area contributed by atoms with Gasteiger partial charge in [0.2, 0.25) is 0 Å². The van der Waals surface area contributed by atoms with Crippen LogP contribution in [-0.4, -0.2) is 51.1 Å². The van der Waals surface area contributed by atoms with Crippen molar-refractivity contribution in [3.63, 3.8) is 0 Å². The topological polar surface area (TPSA) is 65.1 Å². The molecule has 0 aromatic heterocycles. The zero-order valence-corrected chi connectivity index (χ0v) is 21.0. The molecule has 0 saturated carbocycles. The van der Waals surface area contributed by atoms with Crippen molar-refractivity contribution in [2.24, 2.45) is 5.92 Å². The fraction of sp³-hybridized carbons (Fsp3) is 0.667. The summed E-state index contributed by atoms with van der Waals surface area (Å²) in [4.78, 5) is 26.4. The third-order valence-electron chi connectivity index (χ3n) is 6.46. The van der Waals surface area contributed by atoms with Gasteiger partial charge in [-0.25, -0.2) is 9.59 Å². The van der Waals surface area contributed by atoms with Crippen molar-refractivity contribution in [3.8, 4) is 0 Å². The molecule has 174 valence electrons. The van der Waals surface area contributed by atoms with Crippen LogP contribution in [0.2, 0.25) is 18.1 Å². The van der Waals surface area contributed by atoms with E-state index in [9.17, 15) is 9.59 Å². The summed E-state index contributed by atoms with van der Waals surface area (Å²) in [5.41, 5.74) is 0.985. The van der Waals surface area contributed by atoms with Crippen molar-refractivity contribution in [2.45, 2.75) is 77.8 Å². The third-order valence-corrected chi connectivity index (χ3v) is 11.0. The molecule has 0 aliphatic carbocycles. The molecule has 1 aliphatic heterocycles. The Morgan fingerprint density at radius 1 is 1.10 bits per heavy atom. The van der Waals surface area contributed by atoms with Gasteiger partial charge in [-0.3, -0.25) is 0 Å². The highest BCUT2D eigenvalue weighted by Gasteiger charge is 2.40. The molecule has 1 aliphatic rings. The van der Waals surface area contributed by atoms with Gasteiger partial charge in [0.25, 0.3) is 0 Å². The second-order valence-electron chi connectivity index (χ2n) is 9.95. The lowest BCUT2D eigenvalue weighted by Gasteiger charge is -2.37. The summed E-state index contributed by atoms with van der Waals surface area (Å²) in [5.74, 6) is 0.161. The van der Waals surface area contributed by atoms with Gasteiger partial charge < -0.3 is 18.8 Å². The average molecular weight is 450 g/mol. The fourth-order valence-corrected chi connectivity index (χ4v) is 4.66. The number of ether oxygens (including phenoxy) is 2. The maximum absolute atomic E-state index is 12.3. The zero-order chi connectivity index (χ0) is 23.1. The lowest BCUT2D eigenvalue weighted by molar-refractivity contribution is -0.152. The van der Waals surface area contributed by atoms with Crippen LogP contribution >= 0.6 is 0 Å². The van der Waals surface area contributed by atoms with Crippen molar-refractivity contribution < 1.29 is 23.5 Å². The molecule has 31 heavy (non-hydrogen) atoms. The standard InChI is InChI=1S/C24H39NO5Si/c1-19(30-31(5,6)24(2,3)4)22(26)28-17-14-20-12-15-25(16-13-20)23(27)29-18-21-10-8-7-9-11-21/h7-11,19-20H,12-18H2,1-6H3. The summed E-state index contributed by atoms with van der Waals surface area (Å²) in [6.45, 7) is 14.6. The van der Waals surface area contributed by atoms with E-state index in [4.69, 9.17) is 13.9 Å². The molecule has 1 fully saturated rings. The first-order valence-corrected chi connectivity index (χ1v) is 14.2. The van der Waals surface area contributed by atoms with Gasteiger partial charge in [-0.05, 0) is 55.8 Å². The van der Waals surface area contributed by atoms with Gasteiger partial charge in [0.15, 0.2) is 8.32 Å². The van der Waals surface area contributed by atoms with Crippen molar-refractivity contribution >= 4 is 20.4 Å². The van der Waals surface area contributed by atoms with Gasteiger partial charge in [-0.15, -0.1) is 0 Å². The number of esters is 1. The number of hydrogen-bond donors (Lipinski definition) is 0. The van der Waals surface area contributed by atoms with Crippen LogP contribution in [0.3, 0.4) is 0 Å². The number of amides is 1. The van der Waals surface area contributed by atoms with E-state index < -0.39 is 14.4 Å². The van der Waals surface area contributed by atoms with Crippen LogP contribution in [0.25, 0.3) is 0 Å². The zero-order valence-electron chi connectivity index (χ0n) is 20.0. The fourth-order valence-electron chi connectivity index (χ4n) is 3.33. The van der Waals surface area contributed by atoms with Crippen molar-refractivity contribution in [2.75, 3.05) is 19.7 Å². The summed E-state index contributed by atoms with van der Waals surface area (Å²) in [6, 6.07) is 9.69. The third kappa shape index (κ3) is 7.96. The molecule has 1 aromatic rings. The van der Waals surface area contributed by atoms with E-state index in [1.165, 1.54) is 0 Å². The molecule has 7 heteroatoms. The van der Waals surface area contributed by atoms with Gasteiger partial charge in [0, 0.05) is 13.1 Å². The molecule has 1 heterocycles. The Balaban J connectivity index is 1.64. The Morgan fingerprint density at radius 3 is 2.29 bits per heavy atom. The summed E-state index contributed by atoms with van der Waals surface area (Å²) < 4.78 is 17.0. The molecule has 0 bridgehead atoms. The van der Waals surface area contributed by atoms with Crippen LogP contribution in [0, 0.1) is 5.92 Å². The average Bonchev–Trinajstić information content (AvgIpc) is 2.72. The molecular formula is C24H39NO5Si. The molecular weight excluding hydrogens is 410 g/mol. The van der Waals surface area contributed by atoms with Crippen molar-refractivity contribution in [1.29, 1.82) is 0 Å². The minimum absolute atomic E-state index is 0.0533. The number of likely N-dealkylation sites (tertiary alicyclic amines) is 1. The summed E-state index contributed by atoms with van der Waals surface area (Å²) >= 11 is 0. The first kappa shape index (κ1) is 25.4. The molecule has 6 nitrogen and oxygen atoms in total. The summed E-state index contributed by atoms with van der Waals surface area (Å²) in [7, 11) is -2.00. The molecule has 1 atom stereocenters. The normalized spacial score (nSPS) is 16.6. The number of rotatable bonds is 8. The highest BCUT2D eigenvalue weighted by Crippen LogP contribution is 2.37. The van der Waals surface area contributed by atoms with Gasteiger partial charge in [0.1, 0.15) is 12.7 Å². The minimum Gasteiger partial charge on any atom is -0.464 e. The van der Waals surface area contributed by atoms with E-state index in [2.05, 4.69) is 33.9 Å². The molecule has 1 amide bonds. The molecule has 0 radical (unpaired) electrons. The lowest BCUT2D eigenvalue weighted by Crippen LogP contribution is -2.45. The number of carbonyl (C=O) groups excluding carboxylic acids is 2. The number of benzene rings is 1. The minimum atomic E-state index is -2.00. The van der Waals surface area contributed by atoms with E-state index in [1.54, 1.807) is 11.8 Å². The maximum atomic E-state index is 12.3. The maximum Gasteiger partial charge on any atom is 0.410 e. The smallest absolute Gasteiger partial charge is 0.410 e. The largest absolute Gasteiger partial charge is 0.464 e. The second kappa shape index (κ2) is 11.1. The van der Waals surface area contributed by atoms with Crippen LogP contribution in [0.1, 0.15) is 52.5 Å². The van der Waals surface area contributed by atoms with Gasteiger partial charge in [0.05, 0.1) is 6.61 Å². The van der Waals surface area contributed by atoms with Crippen molar-refractivity contribution in [1.82, 2.24) is 4.90 Å². The SMILES string of the molecule is CC(O[Si](C)(C)C(C)(C)C)C(=O)OCCC1CCN(C(=O)OCc2ccccc2)CC1. The van der Waals surface area contributed by atoms with Gasteiger partial charge >= 0.3 is 12.1 Å². The summed E-state index contributed by atoms with van der Waals surface area (Å²) in [5, 5.41) is 0.0533. The Labute approximate surface area is 188 Å². The van der Waals surface area contributed by atoms with E-state index in [-0.39, 0.29) is 17.1 Å². The number of carbonyl (C=O) groups is 2. The highest BCUT2D eigenvalue weighted by atomic mass is 28.4. The Bertz CT molecular complexity index is 708. The van der Waals surface area contributed by atoms with E-state index >= 15 is 0 Å². The molecule has 0 N–H and O–H groups in total. The molecule has 1 unspecified atom stereocenters. The first-order valence-electron chi connectivity index (χ1n) is 11.3. The number of piperidine rings is 1. The van der Waals surface area contributed by atoms with Crippen molar-refractivity contribution in [3.05, 3.63) is 35.9 Å². The Kier molecular flexibility index (Phi) is 9.12. The lowest BCUT2D eigenvalue weighted by atomic mass is 9.94. The van der Waals surface area contributed by atoms with Crippen LogP contribution in [0.15, 0.2) is 30.3 Å². The Hall–Kier alpha value is -1.86. The quantitative estimate of drug-likeness (QED) is 0.394. The molecule has 0 spiro atoms. The molecule has 1 saturated heterocycles. The predicted molar refractivity (Wildman–Crippen MR) is 124 cm³/mol. The van der Waals surface area contributed by atoms with E-state index in [0.717, 1.165) is 24.8 Å². The predicted octanol–water partition coefficient (Wildman–Crippen LogP) is 5.38. The Morgan fingerprint density at radius 2 is 1.71 bits per heavy atom.